The molecule has 0 radical (unpaired) electrons. The minimum absolute atomic E-state index is 0.0662. The highest BCUT2D eigenvalue weighted by Gasteiger charge is 2.39. The van der Waals surface area contributed by atoms with Gasteiger partial charge < -0.3 is 14.8 Å². The summed E-state index contributed by atoms with van der Waals surface area (Å²) in [4.78, 5) is 27.6. The van der Waals surface area contributed by atoms with Crippen molar-refractivity contribution in [3.8, 4) is 0 Å². The lowest BCUT2D eigenvalue weighted by Gasteiger charge is -2.33. The van der Waals surface area contributed by atoms with E-state index in [2.05, 4.69) is 29.8 Å². The molecule has 2 aromatic rings. The van der Waals surface area contributed by atoms with E-state index in [9.17, 15) is 9.59 Å². The Morgan fingerprint density at radius 2 is 2.04 bits per heavy atom. The number of carbonyl (C=O) groups is 2. The summed E-state index contributed by atoms with van der Waals surface area (Å²) in [5, 5.41) is 4.20. The van der Waals surface area contributed by atoms with Gasteiger partial charge >= 0.3 is 0 Å². The van der Waals surface area contributed by atoms with Gasteiger partial charge in [-0.2, -0.15) is 0 Å². The Labute approximate surface area is 167 Å². The summed E-state index contributed by atoms with van der Waals surface area (Å²) in [7, 11) is 0. The number of carbonyl (C=O) groups excluding carboxylic acids is 2. The summed E-state index contributed by atoms with van der Waals surface area (Å²) in [5.41, 5.74) is 2.11. The first-order valence-electron chi connectivity index (χ1n) is 10.7. The van der Waals surface area contributed by atoms with Crippen molar-refractivity contribution in [2.75, 3.05) is 13.1 Å². The van der Waals surface area contributed by atoms with Crippen molar-refractivity contribution in [1.82, 2.24) is 14.8 Å². The van der Waals surface area contributed by atoms with E-state index >= 15 is 0 Å². The molecule has 2 fully saturated rings. The molecular formula is C23H31N3O2. The maximum Gasteiger partial charge on any atom is 0.256 e. The van der Waals surface area contributed by atoms with E-state index in [4.69, 9.17) is 0 Å². The van der Waals surface area contributed by atoms with Crippen molar-refractivity contribution in [2.24, 2.45) is 5.41 Å². The Morgan fingerprint density at radius 1 is 1.25 bits per heavy atom. The maximum absolute atomic E-state index is 13.3. The largest absolute Gasteiger partial charge is 0.352 e. The van der Waals surface area contributed by atoms with E-state index in [1.807, 2.05) is 29.3 Å². The molecule has 0 bridgehead atoms. The van der Waals surface area contributed by atoms with Crippen molar-refractivity contribution in [3.63, 3.8) is 0 Å². The molecule has 1 atom stereocenters. The average Bonchev–Trinajstić information content (AvgIpc) is 3.29. The van der Waals surface area contributed by atoms with E-state index in [1.165, 1.54) is 0 Å². The number of aryl methyl sites for hydroxylation is 1. The first-order valence-corrected chi connectivity index (χ1v) is 10.7. The number of piperidine rings is 1. The van der Waals surface area contributed by atoms with Crippen molar-refractivity contribution in [1.29, 1.82) is 0 Å². The van der Waals surface area contributed by atoms with Crippen LogP contribution in [0.4, 0.5) is 0 Å². The molecule has 4 rings (SSSR count). The van der Waals surface area contributed by atoms with Gasteiger partial charge in [0.05, 0.1) is 5.56 Å². The third-order valence-electron chi connectivity index (χ3n) is 6.25. The van der Waals surface area contributed by atoms with Crippen LogP contribution < -0.4 is 5.32 Å². The fourth-order valence-electron chi connectivity index (χ4n) is 4.35. The molecule has 150 valence electrons. The molecule has 5 heteroatoms. The zero-order valence-corrected chi connectivity index (χ0v) is 17.0. The van der Waals surface area contributed by atoms with Gasteiger partial charge in [0.2, 0.25) is 5.91 Å². The molecule has 2 aliphatic rings. The van der Waals surface area contributed by atoms with Crippen molar-refractivity contribution in [2.45, 2.75) is 65.0 Å². The number of aromatic nitrogens is 1. The van der Waals surface area contributed by atoms with Gasteiger partial charge in [0, 0.05) is 49.2 Å². The first kappa shape index (κ1) is 19.0. The van der Waals surface area contributed by atoms with Gasteiger partial charge in [-0.1, -0.05) is 32.0 Å². The summed E-state index contributed by atoms with van der Waals surface area (Å²) in [6.45, 7) is 6.60. The highest BCUT2D eigenvalue weighted by atomic mass is 16.2. The van der Waals surface area contributed by atoms with Gasteiger partial charge in [-0.3, -0.25) is 9.59 Å². The van der Waals surface area contributed by atoms with Gasteiger partial charge in [-0.25, -0.2) is 0 Å². The second-order valence-electron chi connectivity index (χ2n) is 8.90. The number of amides is 2. The second kappa shape index (κ2) is 7.61. The number of hydrogen-bond donors (Lipinski definition) is 1. The molecule has 0 unspecified atom stereocenters. The number of fused-ring (bicyclic) bond motifs is 1. The monoisotopic (exact) mass is 381 g/mol. The van der Waals surface area contributed by atoms with E-state index < -0.39 is 0 Å². The molecule has 1 saturated heterocycles. The van der Waals surface area contributed by atoms with Gasteiger partial charge in [-0.15, -0.1) is 0 Å². The van der Waals surface area contributed by atoms with Gasteiger partial charge in [0.1, 0.15) is 0 Å². The van der Waals surface area contributed by atoms with Crippen molar-refractivity contribution >= 4 is 22.7 Å². The van der Waals surface area contributed by atoms with Crippen LogP contribution in [0.2, 0.25) is 0 Å². The Kier molecular flexibility index (Phi) is 5.17. The first-order chi connectivity index (χ1) is 13.5. The fraction of sp³-hybridized carbons (Fsp3) is 0.565. The van der Waals surface area contributed by atoms with Crippen LogP contribution in [-0.2, 0) is 11.3 Å². The van der Waals surface area contributed by atoms with Crippen LogP contribution in [0.25, 0.3) is 10.9 Å². The number of hydrogen-bond acceptors (Lipinski definition) is 2. The SMILES string of the molecule is CCCn1cc(C(=O)N2CCC[C@H](NC(=O)CC3(C)CC3)C2)c2ccccc21. The third-order valence-corrected chi connectivity index (χ3v) is 6.25. The molecule has 2 amide bonds. The molecule has 1 saturated carbocycles. The molecule has 2 heterocycles. The summed E-state index contributed by atoms with van der Waals surface area (Å²) >= 11 is 0. The molecular weight excluding hydrogens is 350 g/mol. The molecule has 1 aromatic heterocycles. The second-order valence-corrected chi connectivity index (χ2v) is 8.90. The van der Waals surface area contributed by atoms with Crippen LogP contribution in [0, 0.1) is 5.41 Å². The van der Waals surface area contributed by atoms with Crippen LogP contribution >= 0.6 is 0 Å². The Bertz CT molecular complexity index is 881. The number of nitrogens with one attached hydrogen (secondary N) is 1. The zero-order valence-electron chi connectivity index (χ0n) is 17.0. The lowest BCUT2D eigenvalue weighted by atomic mass is 10.0. The van der Waals surface area contributed by atoms with E-state index in [1.54, 1.807) is 0 Å². The Balaban J connectivity index is 1.47. The number of likely N-dealkylation sites (tertiary alicyclic amines) is 1. The average molecular weight is 382 g/mol. The predicted octanol–water partition coefficient (Wildman–Crippen LogP) is 3.96. The molecule has 1 aromatic carbocycles. The lowest BCUT2D eigenvalue weighted by molar-refractivity contribution is -0.123. The van der Waals surface area contributed by atoms with Crippen LogP contribution in [0.15, 0.2) is 30.5 Å². The minimum Gasteiger partial charge on any atom is -0.352 e. The Morgan fingerprint density at radius 3 is 2.79 bits per heavy atom. The van der Waals surface area contributed by atoms with Gasteiger partial charge in [0.15, 0.2) is 0 Å². The zero-order chi connectivity index (χ0) is 19.7. The number of benzene rings is 1. The normalized spacial score (nSPS) is 20.9. The summed E-state index contributed by atoms with van der Waals surface area (Å²) in [6, 6.07) is 8.20. The Hall–Kier alpha value is -2.30. The highest BCUT2D eigenvalue weighted by Crippen LogP contribution is 2.48. The van der Waals surface area contributed by atoms with Crippen molar-refractivity contribution < 1.29 is 9.59 Å². The third kappa shape index (κ3) is 3.94. The molecule has 1 aliphatic carbocycles. The standard InChI is InChI=1S/C23H31N3O2/c1-3-12-25-16-19(18-8-4-5-9-20(18)25)22(28)26-13-6-7-17(15-26)24-21(27)14-23(2)10-11-23/h4-5,8-9,16-17H,3,6-7,10-15H2,1-2H3,(H,24,27)/t17-/m0/s1. The fourth-order valence-corrected chi connectivity index (χ4v) is 4.35. The summed E-state index contributed by atoms with van der Waals surface area (Å²) in [6.07, 6.45) is 7.83. The van der Waals surface area contributed by atoms with Crippen LogP contribution in [-0.4, -0.2) is 40.4 Å². The number of nitrogens with zero attached hydrogens (tertiary/aromatic N) is 2. The predicted molar refractivity (Wildman–Crippen MR) is 111 cm³/mol. The minimum atomic E-state index is 0.0662. The van der Waals surface area contributed by atoms with E-state index in [0.29, 0.717) is 13.0 Å². The van der Waals surface area contributed by atoms with Crippen LogP contribution in [0.5, 0.6) is 0 Å². The number of rotatable bonds is 6. The molecule has 1 aliphatic heterocycles. The molecule has 5 nitrogen and oxygen atoms in total. The summed E-state index contributed by atoms with van der Waals surface area (Å²) < 4.78 is 2.18. The van der Waals surface area contributed by atoms with Crippen molar-refractivity contribution in [3.05, 3.63) is 36.0 Å². The topological polar surface area (TPSA) is 54.3 Å². The quantitative estimate of drug-likeness (QED) is 0.823. The number of para-hydroxylation sites is 1. The molecule has 1 N–H and O–H groups in total. The van der Waals surface area contributed by atoms with Crippen LogP contribution in [0.3, 0.4) is 0 Å². The molecule has 28 heavy (non-hydrogen) atoms. The lowest BCUT2D eigenvalue weighted by Crippen LogP contribution is -2.49. The van der Waals surface area contributed by atoms with Gasteiger partial charge in [0.25, 0.3) is 5.91 Å². The van der Waals surface area contributed by atoms with E-state index in [-0.39, 0.29) is 23.3 Å². The molecule has 0 spiro atoms. The van der Waals surface area contributed by atoms with E-state index in [0.717, 1.165) is 61.7 Å². The maximum atomic E-state index is 13.3. The highest BCUT2D eigenvalue weighted by molar-refractivity contribution is 6.07. The van der Waals surface area contributed by atoms with Gasteiger partial charge in [-0.05, 0) is 43.6 Å². The summed E-state index contributed by atoms with van der Waals surface area (Å²) in [5.74, 6) is 0.220. The van der Waals surface area contributed by atoms with Crippen LogP contribution in [0.1, 0.15) is 62.7 Å². The smallest absolute Gasteiger partial charge is 0.256 e.